The molecule has 0 heterocycles. The van der Waals surface area contributed by atoms with Crippen molar-refractivity contribution in [2.75, 3.05) is 13.1 Å². The third-order valence-corrected chi connectivity index (χ3v) is 9.25. The van der Waals surface area contributed by atoms with E-state index in [4.69, 9.17) is 5.73 Å². The van der Waals surface area contributed by atoms with Gasteiger partial charge >= 0.3 is 0 Å². The molecule has 1 amide bonds. The third kappa shape index (κ3) is 34.2. The van der Waals surface area contributed by atoms with Crippen LogP contribution in [0.4, 0.5) is 0 Å². The van der Waals surface area contributed by atoms with Crippen LogP contribution in [0, 0.1) is 0 Å². The smallest absolute Gasteiger partial charge is 0.220 e. The summed E-state index contributed by atoms with van der Waals surface area (Å²) in [5, 5.41) is 17.2. The minimum atomic E-state index is -0.692. The normalized spacial score (nSPS) is 13.1. The number of carbonyl (C=O) groups is 1. The number of unbranched alkanes of at least 4 members (excludes halogenated alkanes) is 25. The van der Waals surface area contributed by atoms with Gasteiger partial charge in [0.25, 0.3) is 0 Å². The van der Waals surface area contributed by atoms with Crippen LogP contribution >= 0.6 is 0 Å². The highest BCUT2D eigenvalue weighted by Crippen LogP contribution is 2.14. The number of hydrogen-bond acceptors (Lipinski definition) is 4. The summed E-state index contributed by atoms with van der Waals surface area (Å²) < 4.78 is 0. The zero-order chi connectivity index (χ0) is 32.9. The van der Waals surface area contributed by atoms with E-state index in [0.717, 1.165) is 45.1 Å². The lowest BCUT2D eigenvalue weighted by atomic mass is 10.0. The monoisotopic (exact) mass is 636 g/mol. The topological polar surface area (TPSA) is 87.4 Å². The Kier molecular flexibility index (Phi) is 36.8. The van der Waals surface area contributed by atoms with E-state index >= 15 is 0 Å². The minimum Gasteiger partial charge on any atom is -0.376 e. The Morgan fingerprint density at radius 1 is 0.578 bits per heavy atom. The van der Waals surface area contributed by atoms with Crippen molar-refractivity contribution >= 4 is 5.91 Å². The Bertz CT molecular complexity index is 612. The lowest BCUT2D eigenvalue weighted by Gasteiger charge is -2.25. The number of allylic oxidation sites excluding steroid dienone is 2. The number of nitrogens with one attached hydrogen (secondary N) is 2. The Morgan fingerprint density at radius 3 is 1.47 bits per heavy atom. The molecule has 0 aromatic rings. The zero-order valence-corrected chi connectivity index (χ0v) is 30.6. The van der Waals surface area contributed by atoms with E-state index in [-0.39, 0.29) is 11.9 Å². The van der Waals surface area contributed by atoms with Crippen molar-refractivity contribution in [3.8, 4) is 0 Å². The van der Waals surface area contributed by atoms with Crippen LogP contribution in [-0.2, 0) is 4.79 Å². The number of carbonyl (C=O) groups excluding carboxylic acids is 1. The van der Waals surface area contributed by atoms with Crippen molar-refractivity contribution in [3.05, 3.63) is 12.2 Å². The van der Waals surface area contributed by atoms with Crippen LogP contribution in [0.1, 0.15) is 213 Å². The maximum absolute atomic E-state index is 12.7. The van der Waals surface area contributed by atoms with Crippen molar-refractivity contribution in [1.29, 1.82) is 0 Å². The summed E-state index contributed by atoms with van der Waals surface area (Å²) in [6.07, 6.45) is 42.4. The van der Waals surface area contributed by atoms with Gasteiger partial charge in [-0.3, -0.25) is 10.1 Å². The molecule has 2 unspecified atom stereocenters. The number of amides is 1. The second kappa shape index (κ2) is 37.5. The summed E-state index contributed by atoms with van der Waals surface area (Å²) in [6, 6.07) is -0.237. The average molecular weight is 636 g/mol. The largest absolute Gasteiger partial charge is 0.376 e. The summed E-state index contributed by atoms with van der Waals surface area (Å²) in [4.78, 5) is 12.7. The highest BCUT2D eigenvalue weighted by molar-refractivity contribution is 5.76. The molecule has 5 nitrogen and oxygen atoms in total. The quantitative estimate of drug-likeness (QED) is 0.0311. The van der Waals surface area contributed by atoms with Gasteiger partial charge in [-0.25, -0.2) is 0 Å². The second-order valence-electron chi connectivity index (χ2n) is 13.8. The molecule has 0 aromatic carbocycles. The van der Waals surface area contributed by atoms with Crippen LogP contribution in [-0.4, -0.2) is 36.4 Å². The molecule has 0 rings (SSSR count). The summed E-state index contributed by atoms with van der Waals surface area (Å²) >= 11 is 0. The Hall–Kier alpha value is -0.910. The molecule has 0 spiro atoms. The lowest BCUT2D eigenvalue weighted by Crippen LogP contribution is -2.50. The highest BCUT2D eigenvalue weighted by atomic mass is 16.3. The summed E-state index contributed by atoms with van der Waals surface area (Å²) in [6.45, 7) is 6.01. The van der Waals surface area contributed by atoms with E-state index in [1.807, 2.05) is 0 Å². The van der Waals surface area contributed by atoms with Gasteiger partial charge in [-0.15, -0.1) is 0 Å². The van der Waals surface area contributed by atoms with Crippen LogP contribution in [0.15, 0.2) is 12.2 Å². The average Bonchev–Trinajstić information content (AvgIpc) is 3.04. The molecule has 0 aliphatic carbocycles. The molecule has 0 saturated carbocycles. The molecular formula is C40H81N3O2. The van der Waals surface area contributed by atoms with E-state index < -0.39 is 6.23 Å². The van der Waals surface area contributed by atoms with Gasteiger partial charge in [-0.05, 0) is 64.5 Å². The third-order valence-electron chi connectivity index (χ3n) is 9.25. The van der Waals surface area contributed by atoms with Crippen LogP contribution in [0.25, 0.3) is 0 Å². The molecule has 0 fully saturated rings. The van der Waals surface area contributed by atoms with E-state index in [2.05, 4.69) is 36.6 Å². The number of aliphatic hydroxyl groups excluding tert-OH is 1. The maximum Gasteiger partial charge on any atom is 0.220 e. The fourth-order valence-corrected chi connectivity index (χ4v) is 6.16. The molecule has 0 aromatic heterocycles. The highest BCUT2D eigenvalue weighted by Gasteiger charge is 2.20. The second-order valence-corrected chi connectivity index (χ2v) is 13.8. The first kappa shape index (κ1) is 44.1. The molecule has 45 heavy (non-hydrogen) atoms. The van der Waals surface area contributed by atoms with Gasteiger partial charge in [0.2, 0.25) is 5.91 Å². The molecule has 0 bridgehead atoms. The van der Waals surface area contributed by atoms with Gasteiger partial charge in [0.15, 0.2) is 0 Å². The number of hydrogen-bond donors (Lipinski definition) is 4. The fraction of sp³-hybridized carbons (Fsp3) is 0.925. The standard InChI is InChI=1S/C40H81N3O2/c1-3-5-7-9-11-13-15-17-19-20-22-24-26-28-30-35-39(44)43-38(34-31-32-36-41)40(45)42-37-33-29-27-25-23-21-18-16-14-12-10-8-6-4-2/h17,19,38,40,42,45H,3-16,18,20-37,41H2,1-2H3,(H,43,44)/b19-17+. The summed E-state index contributed by atoms with van der Waals surface area (Å²) in [7, 11) is 0. The molecule has 0 aliphatic heterocycles. The maximum atomic E-state index is 12.7. The SMILES string of the molecule is CCCCCCCC/C=C/CCCCCCCC(=O)NC(CCCCN)C(O)NCCCCCCCCCCCCCCCC. The van der Waals surface area contributed by atoms with Gasteiger partial charge in [0, 0.05) is 6.42 Å². The first-order valence-corrected chi connectivity index (χ1v) is 20.2. The first-order valence-electron chi connectivity index (χ1n) is 20.2. The van der Waals surface area contributed by atoms with Crippen LogP contribution in [0.2, 0.25) is 0 Å². The molecule has 0 aliphatic rings. The predicted octanol–water partition coefficient (Wildman–Crippen LogP) is 11.0. The molecule has 5 heteroatoms. The van der Waals surface area contributed by atoms with Crippen molar-refractivity contribution < 1.29 is 9.90 Å². The van der Waals surface area contributed by atoms with Gasteiger partial charge in [0.1, 0.15) is 6.23 Å². The minimum absolute atomic E-state index is 0.0720. The van der Waals surface area contributed by atoms with Crippen LogP contribution in [0.5, 0.6) is 0 Å². The number of nitrogens with two attached hydrogens (primary N) is 1. The van der Waals surface area contributed by atoms with Crippen molar-refractivity contribution in [1.82, 2.24) is 10.6 Å². The van der Waals surface area contributed by atoms with E-state index in [1.165, 1.54) is 154 Å². The summed E-state index contributed by atoms with van der Waals surface area (Å²) in [5.41, 5.74) is 5.69. The van der Waals surface area contributed by atoms with Crippen LogP contribution in [0.3, 0.4) is 0 Å². The van der Waals surface area contributed by atoms with Gasteiger partial charge in [-0.2, -0.15) is 0 Å². The lowest BCUT2D eigenvalue weighted by molar-refractivity contribution is -0.123. The van der Waals surface area contributed by atoms with E-state index in [9.17, 15) is 9.90 Å². The molecule has 2 atom stereocenters. The Labute approximate surface area is 282 Å². The van der Waals surface area contributed by atoms with E-state index in [1.54, 1.807) is 0 Å². The van der Waals surface area contributed by atoms with Gasteiger partial charge < -0.3 is 16.2 Å². The van der Waals surface area contributed by atoms with Gasteiger partial charge in [-0.1, -0.05) is 167 Å². The summed E-state index contributed by atoms with van der Waals surface area (Å²) in [5.74, 6) is 0.0720. The van der Waals surface area contributed by atoms with E-state index in [0.29, 0.717) is 13.0 Å². The molecule has 0 saturated heterocycles. The van der Waals surface area contributed by atoms with Crippen molar-refractivity contribution in [2.24, 2.45) is 5.73 Å². The zero-order valence-electron chi connectivity index (χ0n) is 30.6. The Morgan fingerprint density at radius 2 is 1.00 bits per heavy atom. The first-order chi connectivity index (χ1) is 22.2. The molecule has 0 radical (unpaired) electrons. The Balaban J connectivity index is 3.84. The fourth-order valence-electron chi connectivity index (χ4n) is 6.16. The predicted molar refractivity (Wildman–Crippen MR) is 199 cm³/mol. The molecular weight excluding hydrogens is 554 g/mol. The van der Waals surface area contributed by atoms with Crippen molar-refractivity contribution in [2.45, 2.75) is 225 Å². The van der Waals surface area contributed by atoms with Crippen LogP contribution < -0.4 is 16.4 Å². The number of rotatable bonds is 37. The molecule has 5 N–H and O–H groups in total. The van der Waals surface area contributed by atoms with Crippen molar-refractivity contribution in [3.63, 3.8) is 0 Å². The van der Waals surface area contributed by atoms with Gasteiger partial charge in [0.05, 0.1) is 6.04 Å². The number of aliphatic hydroxyl groups is 1. The molecule has 268 valence electrons.